The van der Waals surface area contributed by atoms with Crippen molar-refractivity contribution in [3.05, 3.63) is 51.4 Å². The molecule has 1 aliphatic heterocycles. The minimum absolute atomic E-state index is 0.0484. The van der Waals surface area contributed by atoms with Crippen molar-refractivity contribution >= 4 is 34.0 Å². The molecule has 1 aromatic carbocycles. The number of aromatic hydroxyl groups is 1. The standard InChI is InChI=1S/C19H16N2O8S/c1-7-14(22)8(2)18(24)29-15(7)12-6-10-5-9(3-4-11(10)28-12)16(30(26)27)13-17(23)21-19(25)20-13/h3-6,13,16,22H,1-2H3,(H,26,27)(H2,20,21,23,25)/p-1. The number of carbonyl (C=O) groups excluding carboxylic acids is 2. The van der Waals surface area contributed by atoms with Crippen LogP contribution in [0.2, 0.25) is 0 Å². The molecule has 3 heterocycles. The van der Waals surface area contributed by atoms with Crippen LogP contribution in [0.1, 0.15) is 21.9 Å². The first-order valence-corrected chi connectivity index (χ1v) is 9.87. The van der Waals surface area contributed by atoms with E-state index in [9.17, 15) is 28.3 Å². The Bertz CT molecular complexity index is 1290. The summed E-state index contributed by atoms with van der Waals surface area (Å²) in [5.74, 6) is -0.729. The number of fused-ring (bicyclic) bond motifs is 1. The van der Waals surface area contributed by atoms with Gasteiger partial charge >= 0.3 is 11.7 Å². The third kappa shape index (κ3) is 3.17. The molecule has 3 amide bonds. The van der Waals surface area contributed by atoms with Crippen molar-refractivity contribution in [1.82, 2.24) is 10.6 Å². The third-order valence-electron chi connectivity index (χ3n) is 4.96. The zero-order valence-electron chi connectivity index (χ0n) is 15.7. The summed E-state index contributed by atoms with van der Waals surface area (Å²) in [6.45, 7) is 3.00. The van der Waals surface area contributed by atoms with Crippen molar-refractivity contribution < 1.29 is 32.3 Å². The van der Waals surface area contributed by atoms with Crippen LogP contribution in [0.5, 0.6) is 5.75 Å². The molecule has 2 aromatic heterocycles. The highest BCUT2D eigenvalue weighted by Crippen LogP contribution is 2.35. The lowest BCUT2D eigenvalue weighted by atomic mass is 10.0. The van der Waals surface area contributed by atoms with E-state index in [0.29, 0.717) is 16.5 Å². The van der Waals surface area contributed by atoms with Gasteiger partial charge in [-0.3, -0.25) is 14.3 Å². The fourth-order valence-corrected chi connectivity index (χ4v) is 4.16. The van der Waals surface area contributed by atoms with Crippen molar-refractivity contribution in [3.63, 3.8) is 0 Å². The maximum absolute atomic E-state index is 11.9. The summed E-state index contributed by atoms with van der Waals surface area (Å²) < 4.78 is 34.6. The predicted octanol–water partition coefficient (Wildman–Crippen LogP) is 1.50. The molecule has 156 valence electrons. The highest BCUT2D eigenvalue weighted by molar-refractivity contribution is 7.79. The van der Waals surface area contributed by atoms with Gasteiger partial charge in [-0.2, -0.15) is 0 Å². The number of imide groups is 1. The molecule has 3 aromatic rings. The lowest BCUT2D eigenvalue weighted by molar-refractivity contribution is -0.120. The van der Waals surface area contributed by atoms with Gasteiger partial charge in [0.15, 0.2) is 11.5 Å². The maximum Gasteiger partial charge on any atom is 0.343 e. The second kappa shape index (κ2) is 7.11. The summed E-state index contributed by atoms with van der Waals surface area (Å²) >= 11 is -2.71. The Morgan fingerprint density at radius 3 is 2.50 bits per heavy atom. The zero-order valence-corrected chi connectivity index (χ0v) is 16.5. The summed E-state index contributed by atoms with van der Waals surface area (Å²) in [6.07, 6.45) is 0. The van der Waals surface area contributed by atoms with Crippen LogP contribution in [-0.2, 0) is 15.9 Å². The Morgan fingerprint density at radius 1 is 1.13 bits per heavy atom. The summed E-state index contributed by atoms with van der Waals surface area (Å²) in [6, 6.07) is 3.96. The molecule has 1 saturated heterocycles. The summed E-state index contributed by atoms with van der Waals surface area (Å²) in [4.78, 5) is 35.2. The van der Waals surface area contributed by atoms with Crippen LogP contribution in [0.3, 0.4) is 0 Å². The largest absolute Gasteiger partial charge is 0.772 e. The number of urea groups is 1. The predicted molar refractivity (Wildman–Crippen MR) is 103 cm³/mol. The van der Waals surface area contributed by atoms with Crippen LogP contribution in [-0.4, -0.2) is 31.8 Å². The molecule has 1 aliphatic rings. The Labute approximate surface area is 171 Å². The molecule has 0 radical (unpaired) electrons. The van der Waals surface area contributed by atoms with Gasteiger partial charge in [0.1, 0.15) is 17.4 Å². The Morgan fingerprint density at radius 2 is 1.87 bits per heavy atom. The molecule has 0 spiro atoms. The van der Waals surface area contributed by atoms with Crippen molar-refractivity contribution in [3.8, 4) is 17.3 Å². The van der Waals surface area contributed by atoms with Gasteiger partial charge in [-0.05, 0) is 48.7 Å². The van der Waals surface area contributed by atoms with E-state index in [0.717, 1.165) is 0 Å². The molecule has 3 unspecified atom stereocenters. The van der Waals surface area contributed by atoms with Gasteiger partial charge in [0.2, 0.25) is 0 Å². The lowest BCUT2D eigenvalue weighted by Gasteiger charge is -2.24. The summed E-state index contributed by atoms with van der Waals surface area (Å²) in [5, 5.41) is 13.6. The van der Waals surface area contributed by atoms with E-state index in [1.807, 2.05) is 5.32 Å². The second-order valence-corrected chi connectivity index (χ2v) is 7.88. The first kappa shape index (κ1) is 19.9. The third-order valence-corrected chi connectivity index (χ3v) is 5.92. The number of furan rings is 1. The number of hydrogen-bond acceptors (Lipinski definition) is 8. The molecule has 30 heavy (non-hydrogen) atoms. The lowest BCUT2D eigenvalue weighted by Crippen LogP contribution is -2.37. The molecule has 4 rings (SSSR count). The van der Waals surface area contributed by atoms with Crippen molar-refractivity contribution in [2.24, 2.45) is 0 Å². The number of rotatable bonds is 4. The van der Waals surface area contributed by atoms with Crippen LogP contribution in [0.4, 0.5) is 4.79 Å². The van der Waals surface area contributed by atoms with Gasteiger partial charge in [0, 0.05) is 10.9 Å². The highest BCUT2D eigenvalue weighted by Gasteiger charge is 2.38. The van der Waals surface area contributed by atoms with Crippen LogP contribution >= 0.6 is 0 Å². The Kier molecular flexibility index (Phi) is 4.71. The van der Waals surface area contributed by atoms with Gasteiger partial charge in [0.25, 0.3) is 5.91 Å². The average Bonchev–Trinajstić information content (AvgIpc) is 3.25. The minimum Gasteiger partial charge on any atom is -0.772 e. The number of carbonyl (C=O) groups is 2. The number of hydrogen-bond donors (Lipinski definition) is 3. The van der Waals surface area contributed by atoms with E-state index in [1.165, 1.54) is 31.2 Å². The van der Waals surface area contributed by atoms with Crippen LogP contribution < -0.4 is 16.3 Å². The van der Waals surface area contributed by atoms with E-state index in [4.69, 9.17) is 8.83 Å². The molecular formula is C19H15N2O8S-. The van der Waals surface area contributed by atoms with Gasteiger partial charge in [-0.15, -0.1) is 0 Å². The molecule has 11 heteroatoms. The Balaban J connectivity index is 1.80. The van der Waals surface area contributed by atoms with E-state index in [-0.39, 0.29) is 28.4 Å². The summed E-state index contributed by atoms with van der Waals surface area (Å²) in [5.41, 5.74) is 0.309. The zero-order chi connectivity index (χ0) is 21.7. The van der Waals surface area contributed by atoms with Gasteiger partial charge in [0.05, 0.1) is 10.8 Å². The first-order valence-electron chi connectivity index (χ1n) is 8.74. The van der Waals surface area contributed by atoms with Crippen molar-refractivity contribution in [2.75, 3.05) is 0 Å². The van der Waals surface area contributed by atoms with Gasteiger partial charge in [-0.25, -0.2) is 9.59 Å². The van der Waals surface area contributed by atoms with E-state index in [2.05, 4.69) is 5.32 Å². The fraction of sp³-hybridized carbons (Fsp3) is 0.211. The van der Waals surface area contributed by atoms with Crippen LogP contribution in [0.25, 0.3) is 22.5 Å². The highest BCUT2D eigenvalue weighted by atomic mass is 32.2. The monoisotopic (exact) mass is 431 g/mol. The number of amides is 3. The number of benzene rings is 1. The molecule has 0 saturated carbocycles. The van der Waals surface area contributed by atoms with Crippen LogP contribution in [0, 0.1) is 13.8 Å². The SMILES string of the molecule is Cc1c(-c2cc3cc(C(C4NC(=O)NC4=O)S(=O)[O-])ccc3o2)oc(=O)c(C)c1O. The first-order chi connectivity index (χ1) is 14.2. The molecule has 3 atom stereocenters. The molecule has 10 nitrogen and oxygen atoms in total. The van der Waals surface area contributed by atoms with Gasteiger partial charge < -0.3 is 23.8 Å². The van der Waals surface area contributed by atoms with E-state index < -0.39 is 39.9 Å². The minimum atomic E-state index is -2.71. The second-order valence-electron chi connectivity index (χ2n) is 6.85. The molecule has 0 aliphatic carbocycles. The van der Waals surface area contributed by atoms with Crippen molar-refractivity contribution in [2.45, 2.75) is 25.1 Å². The maximum atomic E-state index is 11.9. The topological polar surface area (TPSA) is 162 Å². The van der Waals surface area contributed by atoms with E-state index in [1.54, 1.807) is 6.92 Å². The average molecular weight is 431 g/mol. The molecule has 1 fully saturated rings. The number of nitrogens with one attached hydrogen (secondary N) is 2. The van der Waals surface area contributed by atoms with Crippen molar-refractivity contribution in [1.29, 1.82) is 0 Å². The summed E-state index contributed by atoms with van der Waals surface area (Å²) in [7, 11) is 0. The van der Waals surface area contributed by atoms with E-state index >= 15 is 0 Å². The molecular weight excluding hydrogens is 416 g/mol. The van der Waals surface area contributed by atoms with Gasteiger partial charge in [-0.1, -0.05) is 6.07 Å². The fourth-order valence-electron chi connectivity index (χ4n) is 3.38. The quantitative estimate of drug-likeness (QED) is 0.413. The smallest absolute Gasteiger partial charge is 0.343 e. The molecule has 3 N–H and O–H groups in total. The Hall–Kier alpha value is -3.44. The van der Waals surface area contributed by atoms with Crippen LogP contribution in [0.15, 0.2) is 37.9 Å². The normalized spacial score (nSPS) is 18.3. The molecule has 0 bridgehead atoms.